The van der Waals surface area contributed by atoms with Crippen LogP contribution in [0.2, 0.25) is 0 Å². The Bertz CT molecular complexity index is 714. The lowest BCUT2D eigenvalue weighted by Gasteiger charge is -1.98. The van der Waals surface area contributed by atoms with Gasteiger partial charge in [-0.2, -0.15) is 0 Å². The summed E-state index contributed by atoms with van der Waals surface area (Å²) in [7, 11) is 0. The fourth-order valence-electron chi connectivity index (χ4n) is 1.45. The second kappa shape index (κ2) is 6.84. The normalized spacial score (nSPS) is 9.45. The van der Waals surface area contributed by atoms with Crippen LogP contribution >= 0.6 is 0 Å². The van der Waals surface area contributed by atoms with Crippen LogP contribution in [0.4, 0.5) is 11.4 Å². The summed E-state index contributed by atoms with van der Waals surface area (Å²) in [6, 6.07) is 7.76. The van der Waals surface area contributed by atoms with Gasteiger partial charge in [-0.1, -0.05) is 0 Å². The Morgan fingerprint density at radius 2 is 1.23 bits per heavy atom. The molecule has 0 aliphatic rings. The van der Waals surface area contributed by atoms with E-state index < -0.39 is 11.9 Å². The summed E-state index contributed by atoms with van der Waals surface area (Å²) in [5.74, 6) is -2.93. The van der Waals surface area contributed by atoms with E-state index in [4.69, 9.17) is 31.9 Å². The summed E-state index contributed by atoms with van der Waals surface area (Å²) in [5.41, 5.74) is 10.9. The molecular formula is C14H14N2O6. The molecule has 8 heteroatoms. The van der Waals surface area contributed by atoms with E-state index in [-0.39, 0.29) is 22.6 Å². The minimum Gasteiger partial charge on any atom is -0.507 e. The van der Waals surface area contributed by atoms with E-state index in [1.807, 2.05) is 0 Å². The lowest BCUT2D eigenvalue weighted by molar-refractivity contribution is 0.0682. The monoisotopic (exact) mass is 306 g/mol. The second-order valence-electron chi connectivity index (χ2n) is 4.16. The third-order valence-electron chi connectivity index (χ3n) is 2.50. The molecule has 8 nitrogen and oxygen atoms in total. The lowest BCUT2D eigenvalue weighted by atomic mass is 10.2. The molecule has 0 fully saturated rings. The number of anilines is 2. The Morgan fingerprint density at radius 3 is 1.68 bits per heavy atom. The first-order valence-electron chi connectivity index (χ1n) is 5.86. The Hall–Kier alpha value is -3.42. The molecule has 0 bridgehead atoms. The average Bonchev–Trinajstić information content (AvgIpc) is 2.41. The number of nitrogens with two attached hydrogens (primary N) is 2. The molecule has 116 valence electrons. The van der Waals surface area contributed by atoms with Crippen LogP contribution in [0.5, 0.6) is 11.5 Å². The molecule has 0 amide bonds. The van der Waals surface area contributed by atoms with Gasteiger partial charge in [0, 0.05) is 17.4 Å². The number of benzene rings is 2. The van der Waals surface area contributed by atoms with Crippen LogP contribution in [-0.2, 0) is 0 Å². The van der Waals surface area contributed by atoms with E-state index in [0.717, 1.165) is 0 Å². The average molecular weight is 306 g/mol. The van der Waals surface area contributed by atoms with Crippen LogP contribution in [0, 0.1) is 0 Å². The number of nitrogen functional groups attached to an aromatic ring is 2. The van der Waals surface area contributed by atoms with Gasteiger partial charge in [-0.05, 0) is 30.3 Å². The largest absolute Gasteiger partial charge is 0.507 e. The summed E-state index contributed by atoms with van der Waals surface area (Å²) < 4.78 is 0. The zero-order chi connectivity index (χ0) is 16.9. The fourth-order valence-corrected chi connectivity index (χ4v) is 1.45. The number of aromatic hydroxyl groups is 2. The lowest BCUT2D eigenvalue weighted by Crippen LogP contribution is -1.97. The van der Waals surface area contributed by atoms with Crippen molar-refractivity contribution in [3.8, 4) is 11.5 Å². The summed E-state index contributed by atoms with van der Waals surface area (Å²) >= 11 is 0. The zero-order valence-electron chi connectivity index (χ0n) is 11.2. The summed E-state index contributed by atoms with van der Waals surface area (Å²) in [4.78, 5) is 20.7. The SMILES string of the molecule is Nc1ccc(C(=O)O)c(O)c1.Nc1ccc(O)c(C(=O)O)c1. The Morgan fingerprint density at radius 1 is 0.727 bits per heavy atom. The molecule has 2 aromatic rings. The predicted molar refractivity (Wildman–Crippen MR) is 79.0 cm³/mol. The first kappa shape index (κ1) is 16.6. The Kier molecular flexibility index (Phi) is 5.17. The van der Waals surface area contributed by atoms with E-state index in [1.165, 1.54) is 36.4 Å². The van der Waals surface area contributed by atoms with Crippen LogP contribution in [0.1, 0.15) is 20.7 Å². The predicted octanol–water partition coefficient (Wildman–Crippen LogP) is 1.35. The van der Waals surface area contributed by atoms with Crippen LogP contribution in [0.25, 0.3) is 0 Å². The molecule has 8 N–H and O–H groups in total. The molecule has 0 aromatic heterocycles. The van der Waals surface area contributed by atoms with E-state index in [9.17, 15) is 9.59 Å². The molecule has 22 heavy (non-hydrogen) atoms. The third kappa shape index (κ3) is 4.30. The van der Waals surface area contributed by atoms with Gasteiger partial charge in [-0.25, -0.2) is 9.59 Å². The highest BCUT2D eigenvalue weighted by atomic mass is 16.4. The number of aromatic carboxylic acids is 2. The van der Waals surface area contributed by atoms with Gasteiger partial charge in [-0.3, -0.25) is 0 Å². The number of carbonyl (C=O) groups is 2. The molecular weight excluding hydrogens is 292 g/mol. The molecule has 0 unspecified atom stereocenters. The molecule has 0 radical (unpaired) electrons. The van der Waals surface area contributed by atoms with Crippen LogP contribution < -0.4 is 11.5 Å². The van der Waals surface area contributed by atoms with Crippen LogP contribution in [0.15, 0.2) is 36.4 Å². The highest BCUT2D eigenvalue weighted by Gasteiger charge is 2.08. The van der Waals surface area contributed by atoms with Gasteiger partial charge < -0.3 is 31.9 Å². The van der Waals surface area contributed by atoms with Gasteiger partial charge in [-0.15, -0.1) is 0 Å². The van der Waals surface area contributed by atoms with Crippen molar-refractivity contribution in [2.45, 2.75) is 0 Å². The first-order valence-corrected chi connectivity index (χ1v) is 5.86. The zero-order valence-corrected chi connectivity index (χ0v) is 11.2. The molecule has 0 aliphatic heterocycles. The molecule has 0 heterocycles. The summed E-state index contributed by atoms with van der Waals surface area (Å²) in [6.07, 6.45) is 0. The van der Waals surface area contributed by atoms with E-state index in [2.05, 4.69) is 0 Å². The number of carboxylic acid groups (broad SMARTS) is 2. The maximum absolute atomic E-state index is 10.4. The summed E-state index contributed by atoms with van der Waals surface area (Å²) in [6.45, 7) is 0. The van der Waals surface area contributed by atoms with Crippen molar-refractivity contribution < 1.29 is 30.0 Å². The topological polar surface area (TPSA) is 167 Å². The number of phenols is 2. The minimum atomic E-state index is -1.19. The van der Waals surface area contributed by atoms with Gasteiger partial charge in [0.15, 0.2) is 0 Å². The van der Waals surface area contributed by atoms with Crippen molar-refractivity contribution >= 4 is 23.3 Å². The number of carboxylic acids is 2. The Balaban J connectivity index is 0.000000220. The number of hydrogen-bond acceptors (Lipinski definition) is 6. The highest BCUT2D eigenvalue weighted by molar-refractivity contribution is 5.92. The van der Waals surface area contributed by atoms with Gasteiger partial charge in [0.2, 0.25) is 0 Å². The van der Waals surface area contributed by atoms with Gasteiger partial charge >= 0.3 is 11.9 Å². The van der Waals surface area contributed by atoms with Crippen LogP contribution in [-0.4, -0.2) is 32.4 Å². The summed E-state index contributed by atoms with van der Waals surface area (Å²) in [5, 5.41) is 34.9. The van der Waals surface area contributed by atoms with E-state index >= 15 is 0 Å². The van der Waals surface area contributed by atoms with Gasteiger partial charge in [0.25, 0.3) is 0 Å². The molecule has 0 atom stereocenters. The first-order chi connectivity index (χ1) is 10.2. The molecule has 0 saturated heterocycles. The standard InChI is InChI=1S/2C7H7NO3/c8-4-1-2-6(9)5(3-4)7(10)11;8-4-1-2-5(7(10)11)6(9)3-4/h2*1-3,9H,8H2,(H,10,11). The van der Waals surface area contributed by atoms with Crippen molar-refractivity contribution in [3.63, 3.8) is 0 Å². The van der Waals surface area contributed by atoms with Gasteiger partial charge in [0.05, 0.1) is 0 Å². The van der Waals surface area contributed by atoms with Crippen molar-refractivity contribution in [2.24, 2.45) is 0 Å². The maximum Gasteiger partial charge on any atom is 0.339 e. The quantitative estimate of drug-likeness (QED) is 0.357. The number of rotatable bonds is 2. The maximum atomic E-state index is 10.4. The van der Waals surface area contributed by atoms with Crippen molar-refractivity contribution in [3.05, 3.63) is 47.5 Å². The van der Waals surface area contributed by atoms with Crippen molar-refractivity contribution in [2.75, 3.05) is 11.5 Å². The molecule has 0 spiro atoms. The van der Waals surface area contributed by atoms with Crippen molar-refractivity contribution in [1.29, 1.82) is 0 Å². The fraction of sp³-hybridized carbons (Fsp3) is 0. The smallest absolute Gasteiger partial charge is 0.339 e. The van der Waals surface area contributed by atoms with E-state index in [1.54, 1.807) is 0 Å². The third-order valence-corrected chi connectivity index (χ3v) is 2.50. The molecule has 0 saturated carbocycles. The van der Waals surface area contributed by atoms with Gasteiger partial charge in [0.1, 0.15) is 22.6 Å². The highest BCUT2D eigenvalue weighted by Crippen LogP contribution is 2.20. The second-order valence-corrected chi connectivity index (χ2v) is 4.16. The molecule has 2 rings (SSSR count). The Labute approximate surface area is 124 Å². The number of hydrogen-bond donors (Lipinski definition) is 6. The molecule has 2 aromatic carbocycles. The van der Waals surface area contributed by atoms with Crippen LogP contribution in [0.3, 0.4) is 0 Å². The minimum absolute atomic E-state index is 0.140. The molecule has 0 aliphatic carbocycles. The van der Waals surface area contributed by atoms with E-state index in [0.29, 0.717) is 11.4 Å². The van der Waals surface area contributed by atoms with Crippen molar-refractivity contribution in [1.82, 2.24) is 0 Å².